The van der Waals surface area contributed by atoms with Gasteiger partial charge in [-0.05, 0) is 39.9 Å². The van der Waals surface area contributed by atoms with Gasteiger partial charge in [-0.15, -0.1) is 0 Å². The molecule has 0 unspecified atom stereocenters. The molecule has 1 atom stereocenters. The van der Waals surface area contributed by atoms with Crippen LogP contribution in [0.15, 0.2) is 72.8 Å². The van der Waals surface area contributed by atoms with Gasteiger partial charge in [0.05, 0.1) is 13.2 Å². The van der Waals surface area contributed by atoms with Crippen molar-refractivity contribution >= 4 is 12.1 Å². The zero-order chi connectivity index (χ0) is 21.3. The zero-order valence-electron chi connectivity index (χ0n) is 16.3. The molecule has 30 heavy (non-hydrogen) atoms. The molecule has 0 aromatic heterocycles. The summed E-state index contributed by atoms with van der Waals surface area (Å²) in [5, 5.41) is 10.0. The van der Waals surface area contributed by atoms with Gasteiger partial charge in [-0.25, -0.2) is 14.0 Å². The Morgan fingerprint density at radius 3 is 2.13 bits per heavy atom. The third-order valence-corrected chi connectivity index (χ3v) is 5.40. The van der Waals surface area contributed by atoms with Crippen LogP contribution in [-0.4, -0.2) is 35.2 Å². The molecule has 6 heteroatoms. The molecule has 3 aromatic rings. The lowest BCUT2D eigenvalue weighted by Gasteiger charge is -2.34. The van der Waals surface area contributed by atoms with Crippen molar-refractivity contribution in [3.05, 3.63) is 95.3 Å². The van der Waals surface area contributed by atoms with E-state index in [9.17, 15) is 19.1 Å². The van der Waals surface area contributed by atoms with Crippen LogP contribution in [0.25, 0.3) is 11.1 Å². The number of amides is 1. The van der Waals surface area contributed by atoms with Crippen LogP contribution in [0.2, 0.25) is 0 Å². The number of hydrogen-bond acceptors (Lipinski definition) is 3. The Morgan fingerprint density at radius 1 is 1.00 bits per heavy atom. The Labute approximate surface area is 173 Å². The fraction of sp³-hybridized carbons (Fsp3) is 0.167. The number of fused-ring (bicyclic) bond motifs is 3. The van der Waals surface area contributed by atoms with Crippen molar-refractivity contribution in [2.45, 2.75) is 18.5 Å². The Morgan fingerprint density at radius 2 is 1.60 bits per heavy atom. The minimum absolute atomic E-state index is 0.0526. The summed E-state index contributed by atoms with van der Waals surface area (Å²) in [7, 11) is 1.23. The fourth-order valence-corrected chi connectivity index (χ4v) is 4.14. The number of carboxylic acid groups (broad SMARTS) is 1. The van der Waals surface area contributed by atoms with Crippen LogP contribution in [0.3, 0.4) is 0 Å². The van der Waals surface area contributed by atoms with Crippen molar-refractivity contribution in [2.75, 3.05) is 7.11 Å². The van der Waals surface area contributed by atoms with Gasteiger partial charge in [0, 0.05) is 6.42 Å². The van der Waals surface area contributed by atoms with Gasteiger partial charge in [-0.1, -0.05) is 60.7 Å². The van der Waals surface area contributed by atoms with E-state index in [0.717, 1.165) is 22.3 Å². The van der Waals surface area contributed by atoms with E-state index in [2.05, 4.69) is 0 Å². The number of halogens is 1. The highest BCUT2D eigenvalue weighted by Crippen LogP contribution is 2.47. The summed E-state index contributed by atoms with van der Waals surface area (Å²) < 4.78 is 18.7. The number of carbonyl (C=O) groups is 2. The molecule has 0 saturated heterocycles. The molecule has 0 spiro atoms. The van der Waals surface area contributed by atoms with Gasteiger partial charge in [-0.2, -0.15) is 0 Å². The summed E-state index contributed by atoms with van der Waals surface area (Å²) in [6.45, 7) is 0. The first-order valence-corrected chi connectivity index (χ1v) is 9.53. The molecule has 0 bridgehead atoms. The Balaban J connectivity index is 1.84. The van der Waals surface area contributed by atoms with Crippen molar-refractivity contribution < 1.29 is 23.8 Å². The summed E-state index contributed by atoms with van der Waals surface area (Å²) >= 11 is 0. The van der Waals surface area contributed by atoms with Crippen molar-refractivity contribution in [3.63, 3.8) is 0 Å². The summed E-state index contributed by atoms with van der Waals surface area (Å²) in [6, 6.07) is 19.1. The Hall–Kier alpha value is -3.67. The molecule has 1 amide bonds. The smallest absolute Gasteiger partial charge is 0.411 e. The molecule has 0 saturated carbocycles. The predicted octanol–water partition coefficient (Wildman–Crippen LogP) is 4.66. The van der Waals surface area contributed by atoms with E-state index in [4.69, 9.17) is 4.74 Å². The molecule has 0 fully saturated rings. The second-order valence-corrected chi connectivity index (χ2v) is 7.14. The highest BCUT2D eigenvalue weighted by Gasteiger charge is 2.42. The molecular weight excluding hydrogens is 385 g/mol. The van der Waals surface area contributed by atoms with E-state index in [1.807, 2.05) is 48.5 Å². The first-order chi connectivity index (χ1) is 14.5. The lowest BCUT2D eigenvalue weighted by Crippen LogP contribution is -2.48. The molecule has 1 N–H and O–H groups in total. The summed E-state index contributed by atoms with van der Waals surface area (Å²) in [5.41, 5.74) is 4.03. The number of methoxy groups -OCH3 is 1. The van der Waals surface area contributed by atoms with Gasteiger partial charge in [0.2, 0.25) is 0 Å². The fourth-order valence-electron chi connectivity index (χ4n) is 4.14. The number of benzene rings is 3. The van der Waals surface area contributed by atoms with E-state index in [1.54, 1.807) is 6.07 Å². The van der Waals surface area contributed by atoms with Gasteiger partial charge < -0.3 is 9.84 Å². The molecule has 0 radical (unpaired) electrons. The third-order valence-electron chi connectivity index (χ3n) is 5.40. The van der Waals surface area contributed by atoms with E-state index in [0.29, 0.717) is 5.56 Å². The van der Waals surface area contributed by atoms with Crippen molar-refractivity contribution in [2.24, 2.45) is 0 Å². The van der Waals surface area contributed by atoms with E-state index in [-0.39, 0.29) is 6.42 Å². The standard InChI is InChI=1S/C24H20FNO4/c1-30-24(29)26(21(23(27)28)14-15-7-6-8-16(25)13-15)22-19-11-4-2-9-17(19)18-10-3-5-12-20(18)22/h2-13,21-22H,14H2,1H3,(H,27,28)/t21-/m0/s1. The van der Waals surface area contributed by atoms with E-state index < -0.39 is 30.0 Å². The SMILES string of the molecule is COC(=O)N(C1c2ccccc2-c2ccccc21)[C@@H](Cc1cccc(F)c1)C(=O)O. The molecule has 4 rings (SSSR count). The van der Waals surface area contributed by atoms with Crippen LogP contribution >= 0.6 is 0 Å². The van der Waals surface area contributed by atoms with Crippen LogP contribution in [0, 0.1) is 5.82 Å². The topological polar surface area (TPSA) is 66.8 Å². The number of rotatable bonds is 5. The van der Waals surface area contributed by atoms with Gasteiger partial charge in [0.25, 0.3) is 0 Å². The third kappa shape index (κ3) is 3.41. The minimum atomic E-state index is -1.25. The second kappa shape index (κ2) is 7.99. The normalized spacial score (nSPS) is 13.3. The lowest BCUT2D eigenvalue weighted by molar-refractivity contribution is -0.143. The number of hydrogen-bond donors (Lipinski definition) is 1. The van der Waals surface area contributed by atoms with Crippen molar-refractivity contribution in [1.82, 2.24) is 4.90 Å². The maximum absolute atomic E-state index is 13.7. The average molecular weight is 405 g/mol. The predicted molar refractivity (Wildman–Crippen MR) is 109 cm³/mol. The van der Waals surface area contributed by atoms with Crippen LogP contribution < -0.4 is 0 Å². The number of aliphatic carboxylic acids is 1. The molecule has 0 heterocycles. The maximum atomic E-state index is 13.7. The molecule has 1 aliphatic rings. The van der Waals surface area contributed by atoms with Crippen molar-refractivity contribution in [3.8, 4) is 11.1 Å². The number of carboxylic acids is 1. The first kappa shape index (κ1) is 19.6. The maximum Gasteiger partial charge on any atom is 0.411 e. The van der Waals surface area contributed by atoms with Crippen LogP contribution in [-0.2, 0) is 16.0 Å². The van der Waals surface area contributed by atoms with Crippen LogP contribution in [0.4, 0.5) is 9.18 Å². The largest absolute Gasteiger partial charge is 0.480 e. The lowest BCUT2D eigenvalue weighted by atomic mass is 9.98. The second-order valence-electron chi connectivity index (χ2n) is 7.14. The van der Waals surface area contributed by atoms with Gasteiger partial charge in [-0.3, -0.25) is 4.90 Å². The number of nitrogens with zero attached hydrogens (tertiary/aromatic N) is 1. The monoisotopic (exact) mass is 405 g/mol. The summed E-state index contributed by atoms with van der Waals surface area (Å²) in [4.78, 5) is 26.4. The average Bonchev–Trinajstić information content (AvgIpc) is 3.08. The summed E-state index contributed by atoms with van der Waals surface area (Å²) in [6.07, 6.45) is -0.807. The Bertz CT molecular complexity index is 1070. The summed E-state index contributed by atoms with van der Waals surface area (Å²) in [5.74, 6) is -1.65. The minimum Gasteiger partial charge on any atom is -0.480 e. The van der Waals surface area contributed by atoms with Crippen LogP contribution in [0.1, 0.15) is 22.7 Å². The molecule has 0 aliphatic heterocycles. The molecule has 1 aliphatic carbocycles. The first-order valence-electron chi connectivity index (χ1n) is 9.53. The van der Waals surface area contributed by atoms with Gasteiger partial charge in [0.15, 0.2) is 0 Å². The number of ether oxygens (including phenoxy) is 1. The van der Waals surface area contributed by atoms with E-state index in [1.165, 1.54) is 30.2 Å². The number of carbonyl (C=O) groups excluding carboxylic acids is 1. The van der Waals surface area contributed by atoms with Gasteiger partial charge >= 0.3 is 12.1 Å². The quantitative estimate of drug-likeness (QED) is 0.671. The van der Waals surface area contributed by atoms with Crippen molar-refractivity contribution in [1.29, 1.82) is 0 Å². The molecule has 152 valence electrons. The van der Waals surface area contributed by atoms with Gasteiger partial charge in [0.1, 0.15) is 11.9 Å². The molecule has 3 aromatic carbocycles. The highest BCUT2D eigenvalue weighted by atomic mass is 19.1. The molecular formula is C24H20FNO4. The Kier molecular flexibility index (Phi) is 5.23. The van der Waals surface area contributed by atoms with Crippen LogP contribution in [0.5, 0.6) is 0 Å². The zero-order valence-corrected chi connectivity index (χ0v) is 16.3. The molecule has 5 nitrogen and oxygen atoms in total. The highest BCUT2D eigenvalue weighted by molar-refractivity contribution is 5.85. The van der Waals surface area contributed by atoms with E-state index >= 15 is 0 Å².